The van der Waals surface area contributed by atoms with Gasteiger partial charge in [0.25, 0.3) is 5.91 Å². The largest absolute Gasteiger partial charge is 0.472 e. The Bertz CT molecular complexity index is 997. The van der Waals surface area contributed by atoms with E-state index >= 15 is 0 Å². The summed E-state index contributed by atoms with van der Waals surface area (Å²) in [5, 5.41) is 18.1. The van der Waals surface area contributed by atoms with Crippen molar-refractivity contribution in [1.82, 2.24) is 14.9 Å². The van der Waals surface area contributed by atoms with Gasteiger partial charge in [-0.2, -0.15) is 15.2 Å². The highest BCUT2D eigenvalue weighted by Crippen LogP contribution is 2.34. The smallest absolute Gasteiger partial charge is 0.256 e. The number of piperidine rings is 1. The normalized spacial score (nSPS) is 27.0. The van der Waals surface area contributed by atoms with Crippen LogP contribution in [0.1, 0.15) is 42.1 Å². The number of amides is 1. The molecular weight excluding hydrogens is 394 g/mol. The van der Waals surface area contributed by atoms with Crippen molar-refractivity contribution in [3.63, 3.8) is 0 Å². The van der Waals surface area contributed by atoms with E-state index in [1.54, 1.807) is 18.3 Å². The third kappa shape index (κ3) is 3.88. The number of carbonyl (C=O) groups excluding carboxylic acids is 1. The molecule has 0 aliphatic carbocycles. The van der Waals surface area contributed by atoms with Gasteiger partial charge >= 0.3 is 0 Å². The minimum absolute atomic E-state index is 0.0148. The number of para-hydroxylation sites is 1. The summed E-state index contributed by atoms with van der Waals surface area (Å²) >= 11 is 0. The molecule has 0 saturated carbocycles. The number of anilines is 1. The number of rotatable bonds is 5. The summed E-state index contributed by atoms with van der Waals surface area (Å²) < 4.78 is 6.11. The number of likely N-dealkylation sites (tertiary alicyclic amines) is 1. The molecule has 5 rings (SSSR count). The molecule has 8 nitrogen and oxygen atoms in total. The summed E-state index contributed by atoms with van der Waals surface area (Å²) in [6, 6.07) is 11.8. The van der Waals surface area contributed by atoms with Gasteiger partial charge in [0.05, 0.1) is 30.4 Å². The fourth-order valence-electron chi connectivity index (χ4n) is 4.35. The van der Waals surface area contributed by atoms with E-state index in [0.717, 1.165) is 31.5 Å². The molecule has 1 aromatic heterocycles. The fourth-order valence-corrected chi connectivity index (χ4v) is 4.35. The van der Waals surface area contributed by atoms with Crippen LogP contribution in [-0.2, 0) is 6.61 Å². The van der Waals surface area contributed by atoms with E-state index in [1.807, 2.05) is 40.5 Å². The van der Waals surface area contributed by atoms with Gasteiger partial charge in [-0.3, -0.25) is 4.79 Å². The maximum atomic E-state index is 13.6. The van der Waals surface area contributed by atoms with E-state index in [-0.39, 0.29) is 24.7 Å². The van der Waals surface area contributed by atoms with E-state index in [4.69, 9.17) is 4.74 Å². The van der Waals surface area contributed by atoms with Crippen LogP contribution in [0.5, 0.6) is 5.88 Å². The van der Waals surface area contributed by atoms with Gasteiger partial charge in [0.1, 0.15) is 6.10 Å². The molecule has 4 unspecified atom stereocenters. The lowest BCUT2D eigenvalue weighted by atomic mass is 9.99. The Labute approximate surface area is 181 Å². The monoisotopic (exact) mass is 421 g/mol. The van der Waals surface area contributed by atoms with Crippen LogP contribution in [-0.4, -0.2) is 63.4 Å². The number of hydrazine groups is 1. The Morgan fingerprint density at radius 1 is 1.19 bits per heavy atom. The number of ether oxygens (including phenoxy) is 1. The Morgan fingerprint density at radius 2 is 2.06 bits per heavy atom. The SMILES string of the molecule is CC1CCC(Oc2ncccc2CO)CN1C(=O)c1ccccc1N1N=CCC2CN21. The topological polar surface area (TPSA) is 81.3 Å². The van der Waals surface area contributed by atoms with Gasteiger partial charge < -0.3 is 14.7 Å². The number of hydrogen-bond acceptors (Lipinski definition) is 7. The standard InChI is InChI=1S/C23H27N5O3/c1-16-8-9-19(31-22-17(15-29)5-4-11-24-22)14-26(16)23(30)20-6-2-3-7-21(20)28-25-12-10-18-13-27(18)28/h2-7,11-12,16,18-19,29H,8-10,13-15H2,1H3. The first kappa shape index (κ1) is 20.0. The summed E-state index contributed by atoms with van der Waals surface area (Å²) in [7, 11) is 0. The van der Waals surface area contributed by atoms with Crippen LogP contribution in [0.25, 0.3) is 0 Å². The number of hydrazone groups is 1. The van der Waals surface area contributed by atoms with Crippen LogP contribution in [0.3, 0.4) is 0 Å². The molecule has 3 aliphatic heterocycles. The van der Waals surface area contributed by atoms with Gasteiger partial charge in [-0.15, -0.1) is 0 Å². The molecule has 2 aromatic rings. The molecule has 4 atom stereocenters. The lowest BCUT2D eigenvalue weighted by Crippen LogP contribution is -2.49. The van der Waals surface area contributed by atoms with Gasteiger partial charge in [0.2, 0.25) is 5.88 Å². The zero-order valence-corrected chi connectivity index (χ0v) is 17.6. The van der Waals surface area contributed by atoms with Crippen molar-refractivity contribution in [1.29, 1.82) is 0 Å². The zero-order valence-electron chi connectivity index (χ0n) is 17.6. The van der Waals surface area contributed by atoms with Crippen LogP contribution in [0.15, 0.2) is 47.7 Å². The molecule has 4 heterocycles. The molecule has 0 spiro atoms. The van der Waals surface area contributed by atoms with Gasteiger partial charge in [0.15, 0.2) is 0 Å². The van der Waals surface area contributed by atoms with E-state index < -0.39 is 0 Å². The fraction of sp³-hybridized carbons (Fsp3) is 0.435. The predicted molar refractivity (Wildman–Crippen MR) is 117 cm³/mol. The maximum Gasteiger partial charge on any atom is 0.256 e. The average molecular weight is 422 g/mol. The molecule has 8 heteroatoms. The Hall–Kier alpha value is -2.97. The quantitative estimate of drug-likeness (QED) is 0.747. The molecule has 1 N–H and O–H groups in total. The second kappa shape index (κ2) is 8.28. The van der Waals surface area contributed by atoms with Crippen molar-refractivity contribution in [3.8, 4) is 5.88 Å². The molecule has 0 radical (unpaired) electrons. The summed E-state index contributed by atoms with van der Waals surface area (Å²) in [5.41, 5.74) is 2.11. The maximum absolute atomic E-state index is 13.6. The third-order valence-corrected chi connectivity index (χ3v) is 6.25. The second-order valence-corrected chi connectivity index (χ2v) is 8.37. The first-order valence-corrected chi connectivity index (χ1v) is 10.9. The van der Waals surface area contributed by atoms with E-state index in [9.17, 15) is 9.90 Å². The molecule has 1 aromatic carbocycles. The number of pyridine rings is 1. The third-order valence-electron chi connectivity index (χ3n) is 6.25. The second-order valence-electron chi connectivity index (χ2n) is 8.37. The highest BCUT2D eigenvalue weighted by molar-refractivity contribution is 6.00. The van der Waals surface area contributed by atoms with Crippen molar-refractivity contribution in [3.05, 3.63) is 53.7 Å². The number of fused-ring (bicyclic) bond motifs is 1. The van der Waals surface area contributed by atoms with Crippen molar-refractivity contribution in [2.45, 2.75) is 51.0 Å². The highest BCUT2D eigenvalue weighted by Gasteiger charge is 2.42. The number of aromatic nitrogens is 1. The minimum Gasteiger partial charge on any atom is -0.472 e. The van der Waals surface area contributed by atoms with Crippen molar-refractivity contribution in [2.75, 3.05) is 18.2 Å². The Morgan fingerprint density at radius 3 is 2.94 bits per heavy atom. The van der Waals surface area contributed by atoms with Crippen molar-refractivity contribution in [2.24, 2.45) is 5.10 Å². The average Bonchev–Trinajstić information content (AvgIpc) is 3.60. The molecule has 3 aliphatic rings. The Balaban J connectivity index is 1.36. The van der Waals surface area contributed by atoms with Gasteiger partial charge in [-0.05, 0) is 44.0 Å². The van der Waals surface area contributed by atoms with Gasteiger partial charge in [0, 0.05) is 37.0 Å². The number of carbonyl (C=O) groups is 1. The molecular formula is C23H27N5O3. The number of nitrogens with zero attached hydrogens (tertiary/aromatic N) is 5. The van der Waals surface area contributed by atoms with E-state index in [2.05, 4.69) is 22.0 Å². The molecule has 2 saturated heterocycles. The molecule has 162 valence electrons. The van der Waals surface area contributed by atoms with Crippen LogP contribution < -0.4 is 9.85 Å². The minimum atomic E-state index is -0.169. The number of benzene rings is 1. The lowest BCUT2D eigenvalue weighted by Gasteiger charge is -2.38. The van der Waals surface area contributed by atoms with Crippen LogP contribution in [0.2, 0.25) is 0 Å². The van der Waals surface area contributed by atoms with Crippen LogP contribution in [0.4, 0.5) is 5.69 Å². The highest BCUT2D eigenvalue weighted by atomic mass is 16.5. The molecule has 2 fully saturated rings. The van der Waals surface area contributed by atoms with Crippen molar-refractivity contribution >= 4 is 17.8 Å². The lowest BCUT2D eigenvalue weighted by molar-refractivity contribution is 0.0367. The first-order chi connectivity index (χ1) is 15.2. The van der Waals surface area contributed by atoms with Crippen molar-refractivity contribution < 1.29 is 14.6 Å². The molecule has 0 bridgehead atoms. The van der Waals surface area contributed by atoms with E-state index in [1.165, 1.54) is 0 Å². The van der Waals surface area contributed by atoms with Crippen LogP contribution in [0, 0.1) is 0 Å². The van der Waals surface area contributed by atoms with Gasteiger partial charge in [-0.1, -0.05) is 12.1 Å². The summed E-state index contributed by atoms with van der Waals surface area (Å²) in [6.45, 7) is 3.40. The summed E-state index contributed by atoms with van der Waals surface area (Å²) in [5.74, 6) is 0.423. The Kier molecular flexibility index (Phi) is 5.33. The molecule has 31 heavy (non-hydrogen) atoms. The van der Waals surface area contributed by atoms with E-state index in [0.29, 0.717) is 29.6 Å². The first-order valence-electron chi connectivity index (χ1n) is 10.9. The van der Waals surface area contributed by atoms with Crippen LogP contribution >= 0.6 is 0 Å². The number of hydrogen-bond donors (Lipinski definition) is 1. The molecule has 1 amide bonds. The number of aliphatic hydroxyl groups excluding tert-OH is 1. The summed E-state index contributed by atoms with van der Waals surface area (Å²) in [4.78, 5) is 19.8. The predicted octanol–water partition coefficient (Wildman–Crippen LogP) is 2.44. The van der Waals surface area contributed by atoms with Gasteiger partial charge in [-0.25, -0.2) is 4.98 Å². The zero-order chi connectivity index (χ0) is 21.4. The number of aliphatic hydroxyl groups is 1. The summed E-state index contributed by atoms with van der Waals surface area (Å²) in [6.07, 6.45) is 6.04.